The third kappa shape index (κ3) is 5.52. The summed E-state index contributed by atoms with van der Waals surface area (Å²) in [6.45, 7) is 9.56. The van der Waals surface area contributed by atoms with Gasteiger partial charge in [0.15, 0.2) is 0 Å². The SMILES string of the molecule is CC.CCCONC(=O)c1ccc(F)c(C)c1Nc1ccc(C)cc1F. The van der Waals surface area contributed by atoms with E-state index in [1.807, 2.05) is 20.8 Å². The van der Waals surface area contributed by atoms with Crippen molar-refractivity contribution < 1.29 is 18.4 Å². The van der Waals surface area contributed by atoms with E-state index in [2.05, 4.69) is 10.8 Å². The molecular formula is C20H26F2N2O2. The number of carbonyl (C=O) groups excluding carboxylic acids is 1. The summed E-state index contributed by atoms with van der Waals surface area (Å²) in [6.07, 6.45) is 0.739. The maximum Gasteiger partial charge on any atom is 0.276 e. The highest BCUT2D eigenvalue weighted by molar-refractivity contribution is 6.00. The van der Waals surface area contributed by atoms with E-state index in [1.54, 1.807) is 19.1 Å². The summed E-state index contributed by atoms with van der Waals surface area (Å²) >= 11 is 0. The maximum absolute atomic E-state index is 14.1. The zero-order valence-corrected chi connectivity index (χ0v) is 15.9. The van der Waals surface area contributed by atoms with E-state index in [9.17, 15) is 13.6 Å². The molecule has 2 N–H and O–H groups in total. The van der Waals surface area contributed by atoms with Crippen LogP contribution in [0.2, 0.25) is 0 Å². The van der Waals surface area contributed by atoms with Gasteiger partial charge in [-0.2, -0.15) is 0 Å². The van der Waals surface area contributed by atoms with Crippen LogP contribution in [0.4, 0.5) is 20.2 Å². The first-order chi connectivity index (χ1) is 12.4. The van der Waals surface area contributed by atoms with Crippen molar-refractivity contribution in [1.29, 1.82) is 0 Å². The molecule has 26 heavy (non-hydrogen) atoms. The summed E-state index contributed by atoms with van der Waals surface area (Å²) in [7, 11) is 0. The van der Waals surface area contributed by atoms with Gasteiger partial charge in [0, 0.05) is 5.56 Å². The average Bonchev–Trinajstić information content (AvgIpc) is 2.63. The van der Waals surface area contributed by atoms with Crippen molar-refractivity contribution >= 4 is 17.3 Å². The van der Waals surface area contributed by atoms with Crippen LogP contribution in [0.5, 0.6) is 0 Å². The Balaban J connectivity index is 0.00000163. The third-order valence-electron chi connectivity index (χ3n) is 3.50. The molecule has 2 aromatic rings. The number of nitrogens with one attached hydrogen (secondary N) is 2. The van der Waals surface area contributed by atoms with Crippen molar-refractivity contribution in [3.05, 3.63) is 58.7 Å². The number of carbonyl (C=O) groups is 1. The first-order valence-corrected chi connectivity index (χ1v) is 8.68. The number of hydroxylamine groups is 1. The monoisotopic (exact) mass is 364 g/mol. The van der Waals surface area contributed by atoms with Gasteiger partial charge in [0.1, 0.15) is 11.6 Å². The number of halogens is 2. The fourth-order valence-electron chi connectivity index (χ4n) is 2.17. The molecule has 0 atom stereocenters. The Morgan fingerprint density at radius 1 is 1.08 bits per heavy atom. The summed E-state index contributed by atoms with van der Waals surface area (Å²) in [5, 5.41) is 2.82. The van der Waals surface area contributed by atoms with Crippen LogP contribution in [-0.2, 0) is 4.84 Å². The molecule has 2 rings (SSSR count). The van der Waals surface area contributed by atoms with Crippen LogP contribution in [0, 0.1) is 25.5 Å². The standard InChI is InChI=1S/C18H20F2N2O2.C2H6/c1-4-9-24-22-18(23)13-6-7-14(19)12(3)17(13)21-16-8-5-11(2)10-15(16)20;1-2/h5-8,10,21H,4,9H2,1-3H3,(H,22,23);1-2H3. The van der Waals surface area contributed by atoms with Gasteiger partial charge in [-0.3, -0.25) is 9.63 Å². The molecule has 0 spiro atoms. The fraction of sp³-hybridized carbons (Fsp3) is 0.350. The first-order valence-electron chi connectivity index (χ1n) is 8.68. The molecule has 0 aliphatic rings. The lowest BCUT2D eigenvalue weighted by molar-refractivity contribution is 0.0315. The van der Waals surface area contributed by atoms with E-state index in [-0.39, 0.29) is 22.5 Å². The van der Waals surface area contributed by atoms with E-state index in [1.165, 1.54) is 25.1 Å². The second-order valence-electron chi connectivity index (χ2n) is 5.48. The molecule has 0 saturated heterocycles. The number of rotatable bonds is 6. The van der Waals surface area contributed by atoms with Gasteiger partial charge in [0.05, 0.1) is 23.5 Å². The molecule has 0 heterocycles. The Labute approximate surface area is 153 Å². The van der Waals surface area contributed by atoms with Gasteiger partial charge in [-0.1, -0.05) is 26.8 Å². The molecular weight excluding hydrogens is 338 g/mol. The normalized spacial score (nSPS) is 9.96. The minimum Gasteiger partial charge on any atom is -0.352 e. The van der Waals surface area contributed by atoms with Gasteiger partial charge in [-0.25, -0.2) is 14.3 Å². The van der Waals surface area contributed by atoms with Crippen LogP contribution >= 0.6 is 0 Å². The smallest absolute Gasteiger partial charge is 0.276 e. The van der Waals surface area contributed by atoms with E-state index < -0.39 is 17.5 Å². The van der Waals surface area contributed by atoms with Crippen molar-refractivity contribution in [2.24, 2.45) is 0 Å². The predicted molar refractivity (Wildman–Crippen MR) is 101 cm³/mol. The molecule has 0 fully saturated rings. The number of hydrogen-bond donors (Lipinski definition) is 2. The largest absolute Gasteiger partial charge is 0.352 e. The van der Waals surface area contributed by atoms with Crippen molar-refractivity contribution in [2.75, 3.05) is 11.9 Å². The van der Waals surface area contributed by atoms with Crippen LogP contribution in [0.25, 0.3) is 0 Å². The zero-order valence-electron chi connectivity index (χ0n) is 15.9. The zero-order chi connectivity index (χ0) is 19.7. The third-order valence-corrected chi connectivity index (χ3v) is 3.50. The van der Waals surface area contributed by atoms with Crippen LogP contribution in [0.3, 0.4) is 0 Å². The van der Waals surface area contributed by atoms with E-state index >= 15 is 0 Å². The minimum absolute atomic E-state index is 0.165. The number of hydrogen-bond acceptors (Lipinski definition) is 3. The lowest BCUT2D eigenvalue weighted by atomic mass is 10.1. The van der Waals surface area contributed by atoms with E-state index in [0.717, 1.165) is 12.0 Å². The molecule has 0 aliphatic carbocycles. The van der Waals surface area contributed by atoms with Crippen LogP contribution in [-0.4, -0.2) is 12.5 Å². The quantitative estimate of drug-likeness (QED) is 0.531. The average molecular weight is 364 g/mol. The molecule has 6 heteroatoms. The van der Waals surface area contributed by atoms with Gasteiger partial charge in [0.25, 0.3) is 5.91 Å². The lowest BCUT2D eigenvalue weighted by Gasteiger charge is -2.16. The van der Waals surface area contributed by atoms with Gasteiger partial charge >= 0.3 is 0 Å². The van der Waals surface area contributed by atoms with Gasteiger partial charge < -0.3 is 5.32 Å². The summed E-state index contributed by atoms with van der Waals surface area (Å²) in [5.74, 6) is -1.50. The highest BCUT2D eigenvalue weighted by atomic mass is 19.1. The molecule has 0 bridgehead atoms. The summed E-state index contributed by atoms with van der Waals surface area (Å²) in [5.41, 5.74) is 3.83. The van der Waals surface area contributed by atoms with Crippen LogP contribution < -0.4 is 10.8 Å². The van der Waals surface area contributed by atoms with Crippen LogP contribution in [0.1, 0.15) is 48.7 Å². The molecule has 0 aromatic heterocycles. The molecule has 4 nitrogen and oxygen atoms in total. The minimum atomic E-state index is -0.526. The molecule has 142 valence electrons. The molecule has 0 unspecified atom stereocenters. The Hall–Kier alpha value is -2.47. The molecule has 2 aromatic carbocycles. The second-order valence-corrected chi connectivity index (χ2v) is 5.48. The van der Waals surface area contributed by atoms with Gasteiger partial charge in [-0.05, 0) is 50.1 Å². The number of anilines is 2. The number of benzene rings is 2. The lowest BCUT2D eigenvalue weighted by Crippen LogP contribution is -2.25. The van der Waals surface area contributed by atoms with Gasteiger partial charge in [-0.15, -0.1) is 0 Å². The Kier molecular flexibility index (Phi) is 8.72. The van der Waals surface area contributed by atoms with Crippen molar-refractivity contribution in [3.8, 4) is 0 Å². The van der Waals surface area contributed by atoms with E-state index in [0.29, 0.717) is 6.61 Å². The summed E-state index contributed by atoms with van der Waals surface area (Å²) in [6, 6.07) is 7.16. The first kappa shape index (κ1) is 21.6. The Bertz CT molecular complexity index is 749. The maximum atomic E-state index is 14.1. The van der Waals surface area contributed by atoms with Crippen molar-refractivity contribution in [1.82, 2.24) is 5.48 Å². The van der Waals surface area contributed by atoms with E-state index in [4.69, 9.17) is 4.84 Å². The van der Waals surface area contributed by atoms with Gasteiger partial charge in [0.2, 0.25) is 0 Å². The van der Waals surface area contributed by atoms with Crippen molar-refractivity contribution in [2.45, 2.75) is 41.0 Å². The number of aryl methyl sites for hydroxylation is 1. The Morgan fingerprint density at radius 3 is 2.38 bits per heavy atom. The molecule has 0 radical (unpaired) electrons. The Morgan fingerprint density at radius 2 is 1.77 bits per heavy atom. The van der Waals surface area contributed by atoms with Crippen molar-refractivity contribution in [3.63, 3.8) is 0 Å². The molecule has 1 amide bonds. The summed E-state index contributed by atoms with van der Waals surface area (Å²) in [4.78, 5) is 17.3. The van der Waals surface area contributed by atoms with Crippen LogP contribution in [0.15, 0.2) is 30.3 Å². The second kappa shape index (κ2) is 10.5. The summed E-state index contributed by atoms with van der Waals surface area (Å²) < 4.78 is 28.0. The fourth-order valence-corrected chi connectivity index (χ4v) is 2.17. The molecule has 0 saturated carbocycles. The highest BCUT2D eigenvalue weighted by Crippen LogP contribution is 2.28. The number of amides is 1. The molecule has 0 aliphatic heterocycles. The topological polar surface area (TPSA) is 50.4 Å². The highest BCUT2D eigenvalue weighted by Gasteiger charge is 2.17. The predicted octanol–water partition coefficient (Wildman–Crippen LogP) is 5.42.